The molecule has 2 fully saturated rings. The molecule has 2 unspecified atom stereocenters. The smallest absolute Gasteiger partial charge is 0.227 e. The van der Waals surface area contributed by atoms with E-state index in [4.69, 9.17) is 9.51 Å². The second-order valence-electron chi connectivity index (χ2n) is 8.13. The van der Waals surface area contributed by atoms with Crippen molar-refractivity contribution < 1.29 is 9.32 Å². The lowest BCUT2D eigenvalue weighted by Gasteiger charge is -2.39. The minimum atomic E-state index is 0.165. The number of nitrogens with zero attached hydrogens (tertiary/aromatic N) is 5. The van der Waals surface area contributed by atoms with Crippen LogP contribution in [0.25, 0.3) is 11.0 Å². The number of fused-ring (bicyclic) bond motifs is 2. The van der Waals surface area contributed by atoms with Gasteiger partial charge in [-0.25, -0.2) is 4.98 Å². The Morgan fingerprint density at radius 1 is 1.17 bits per heavy atom. The Hall–Kier alpha value is -2.96. The zero-order valence-corrected chi connectivity index (χ0v) is 16.8. The number of hydrogen-bond donors (Lipinski definition) is 0. The van der Waals surface area contributed by atoms with Crippen LogP contribution in [0.2, 0.25) is 0 Å². The number of aryl methyl sites for hydroxylation is 2. The predicted molar refractivity (Wildman–Crippen MR) is 110 cm³/mol. The largest absolute Gasteiger partial charge is 0.361 e. The van der Waals surface area contributed by atoms with Crippen LogP contribution in [0.4, 0.5) is 5.82 Å². The Morgan fingerprint density at radius 2 is 1.97 bits per heavy atom. The summed E-state index contributed by atoms with van der Waals surface area (Å²) in [7, 11) is 0. The molecule has 7 heteroatoms. The van der Waals surface area contributed by atoms with Crippen molar-refractivity contribution in [2.45, 2.75) is 39.2 Å². The van der Waals surface area contributed by atoms with E-state index >= 15 is 0 Å². The fourth-order valence-electron chi connectivity index (χ4n) is 4.77. The number of para-hydroxylation sites is 2. The highest BCUT2D eigenvalue weighted by molar-refractivity contribution is 5.80. The molecule has 2 aromatic heterocycles. The van der Waals surface area contributed by atoms with Gasteiger partial charge in [0.25, 0.3) is 0 Å². The number of carbonyl (C=O) groups excluding carboxylic acids is 1. The molecule has 5 rings (SSSR count). The second kappa shape index (κ2) is 7.13. The number of rotatable bonds is 3. The lowest BCUT2D eigenvalue weighted by Crippen LogP contribution is -2.50. The van der Waals surface area contributed by atoms with Gasteiger partial charge in [0.2, 0.25) is 5.91 Å². The molecule has 0 aliphatic carbocycles. The second-order valence-corrected chi connectivity index (χ2v) is 8.13. The van der Waals surface area contributed by atoms with Gasteiger partial charge in [0, 0.05) is 25.2 Å². The highest BCUT2D eigenvalue weighted by Gasteiger charge is 2.41. The first-order valence-electron chi connectivity index (χ1n) is 10.3. The summed E-state index contributed by atoms with van der Waals surface area (Å²) < 4.78 is 5.23. The van der Waals surface area contributed by atoms with Gasteiger partial charge in [-0.2, -0.15) is 0 Å². The maximum absolute atomic E-state index is 13.1. The van der Waals surface area contributed by atoms with Gasteiger partial charge in [-0.3, -0.25) is 9.78 Å². The summed E-state index contributed by atoms with van der Waals surface area (Å²) in [6.45, 7) is 6.36. The fraction of sp³-hybridized carbons (Fsp3) is 0.455. The van der Waals surface area contributed by atoms with E-state index < -0.39 is 0 Å². The third-order valence-electron chi connectivity index (χ3n) is 6.45. The molecule has 1 aromatic carbocycles. The van der Waals surface area contributed by atoms with Crippen LogP contribution in [-0.2, 0) is 11.2 Å². The van der Waals surface area contributed by atoms with Crippen molar-refractivity contribution >= 4 is 22.8 Å². The van der Waals surface area contributed by atoms with E-state index in [1.807, 2.05) is 44.3 Å². The van der Waals surface area contributed by atoms with Crippen molar-refractivity contribution in [1.29, 1.82) is 0 Å². The average Bonchev–Trinajstić information content (AvgIpc) is 3.31. The monoisotopic (exact) mass is 391 g/mol. The summed E-state index contributed by atoms with van der Waals surface area (Å²) in [4.78, 5) is 26.8. The Labute approximate surface area is 169 Å². The molecule has 2 saturated heterocycles. The van der Waals surface area contributed by atoms with Crippen LogP contribution in [0.1, 0.15) is 29.9 Å². The molecule has 2 aliphatic rings. The Bertz CT molecular complexity index is 1040. The van der Waals surface area contributed by atoms with E-state index in [1.165, 1.54) is 0 Å². The van der Waals surface area contributed by atoms with Crippen LogP contribution >= 0.6 is 0 Å². The van der Waals surface area contributed by atoms with Crippen molar-refractivity contribution in [1.82, 2.24) is 20.0 Å². The summed E-state index contributed by atoms with van der Waals surface area (Å²) >= 11 is 0. The van der Waals surface area contributed by atoms with Gasteiger partial charge in [-0.15, -0.1) is 0 Å². The van der Waals surface area contributed by atoms with Crippen LogP contribution in [0.15, 0.2) is 35.0 Å². The van der Waals surface area contributed by atoms with Gasteiger partial charge in [0.15, 0.2) is 0 Å². The van der Waals surface area contributed by atoms with Gasteiger partial charge in [0.05, 0.1) is 35.4 Å². The van der Waals surface area contributed by atoms with E-state index in [-0.39, 0.29) is 11.9 Å². The average molecular weight is 391 g/mol. The van der Waals surface area contributed by atoms with E-state index in [0.717, 1.165) is 66.3 Å². The molecule has 0 bridgehead atoms. The highest BCUT2D eigenvalue weighted by Crippen LogP contribution is 2.34. The summed E-state index contributed by atoms with van der Waals surface area (Å²) in [6.07, 6.45) is 4.37. The number of hydrogen-bond acceptors (Lipinski definition) is 6. The minimum absolute atomic E-state index is 0.165. The summed E-state index contributed by atoms with van der Waals surface area (Å²) in [5, 5.41) is 3.98. The summed E-state index contributed by atoms with van der Waals surface area (Å²) in [5.74, 6) is 2.36. The molecule has 1 amide bonds. The molecule has 7 nitrogen and oxygen atoms in total. The van der Waals surface area contributed by atoms with Crippen LogP contribution in [0.3, 0.4) is 0 Å². The maximum atomic E-state index is 13.1. The fourth-order valence-corrected chi connectivity index (χ4v) is 4.77. The molecule has 3 aromatic rings. The Kier molecular flexibility index (Phi) is 4.45. The lowest BCUT2D eigenvalue weighted by atomic mass is 9.92. The Balaban J connectivity index is 1.34. The van der Waals surface area contributed by atoms with Gasteiger partial charge >= 0.3 is 0 Å². The first kappa shape index (κ1) is 18.1. The standard InChI is InChI=1S/C22H25N5O2/c1-14-17(15(2)29-25-14)11-22(28)27-10-8-16-7-9-26(13-20(16)27)21-12-23-18-5-3-4-6-19(18)24-21/h3-6,12,16,20H,7-11,13H2,1-2H3. The maximum Gasteiger partial charge on any atom is 0.227 e. The SMILES string of the molecule is Cc1noc(C)c1CC(=O)N1CCC2CCN(c3cnc4ccccc4n3)CC21. The Morgan fingerprint density at radius 3 is 2.76 bits per heavy atom. The molecule has 0 radical (unpaired) electrons. The van der Waals surface area contributed by atoms with Crippen LogP contribution in [-0.4, -0.2) is 51.6 Å². The van der Waals surface area contributed by atoms with Gasteiger partial charge in [-0.05, 0) is 44.7 Å². The summed E-state index contributed by atoms with van der Waals surface area (Å²) in [5.41, 5.74) is 3.54. The number of piperidine rings is 1. The van der Waals surface area contributed by atoms with Crippen molar-refractivity contribution in [2.24, 2.45) is 5.92 Å². The van der Waals surface area contributed by atoms with Crippen molar-refractivity contribution in [3.8, 4) is 0 Å². The third kappa shape index (κ3) is 3.24. The van der Waals surface area contributed by atoms with E-state index in [9.17, 15) is 4.79 Å². The van der Waals surface area contributed by atoms with Crippen LogP contribution < -0.4 is 4.90 Å². The quantitative estimate of drug-likeness (QED) is 0.683. The number of anilines is 1. The normalized spacial score (nSPS) is 21.6. The number of likely N-dealkylation sites (tertiary alicyclic amines) is 1. The number of carbonyl (C=O) groups is 1. The number of aromatic nitrogens is 3. The molecular weight excluding hydrogens is 366 g/mol. The lowest BCUT2D eigenvalue weighted by molar-refractivity contribution is -0.131. The molecule has 2 aliphatic heterocycles. The van der Waals surface area contributed by atoms with Crippen LogP contribution in [0, 0.1) is 19.8 Å². The molecule has 0 spiro atoms. The van der Waals surface area contributed by atoms with Gasteiger partial charge in [0.1, 0.15) is 11.6 Å². The zero-order valence-electron chi connectivity index (χ0n) is 16.8. The molecule has 0 saturated carbocycles. The molecule has 4 heterocycles. The minimum Gasteiger partial charge on any atom is -0.361 e. The van der Waals surface area contributed by atoms with Crippen molar-refractivity contribution in [2.75, 3.05) is 24.5 Å². The molecular formula is C22H25N5O2. The zero-order chi connectivity index (χ0) is 20.0. The highest BCUT2D eigenvalue weighted by atomic mass is 16.5. The van der Waals surface area contributed by atoms with Crippen molar-refractivity contribution in [3.05, 3.63) is 47.5 Å². The third-order valence-corrected chi connectivity index (χ3v) is 6.45. The van der Waals surface area contributed by atoms with Gasteiger partial charge in [-0.1, -0.05) is 17.3 Å². The van der Waals surface area contributed by atoms with Gasteiger partial charge < -0.3 is 14.3 Å². The number of benzene rings is 1. The first-order valence-corrected chi connectivity index (χ1v) is 10.3. The molecule has 29 heavy (non-hydrogen) atoms. The van der Waals surface area contributed by atoms with E-state index in [2.05, 4.69) is 19.9 Å². The van der Waals surface area contributed by atoms with E-state index in [1.54, 1.807) is 0 Å². The molecule has 0 N–H and O–H groups in total. The molecule has 150 valence electrons. The van der Waals surface area contributed by atoms with Crippen molar-refractivity contribution in [3.63, 3.8) is 0 Å². The summed E-state index contributed by atoms with van der Waals surface area (Å²) in [6, 6.07) is 8.16. The topological polar surface area (TPSA) is 75.4 Å². The van der Waals surface area contributed by atoms with Crippen LogP contribution in [0.5, 0.6) is 0 Å². The van der Waals surface area contributed by atoms with E-state index in [0.29, 0.717) is 12.3 Å². The number of amides is 1. The predicted octanol–water partition coefficient (Wildman–Crippen LogP) is 2.90. The first-order chi connectivity index (χ1) is 14.1. The molecule has 2 atom stereocenters.